The first-order chi connectivity index (χ1) is 32.0. The summed E-state index contributed by atoms with van der Waals surface area (Å²) in [6, 6.07) is -1.01. The van der Waals surface area contributed by atoms with Crippen molar-refractivity contribution in [2.75, 3.05) is 6.61 Å². The maximum atomic E-state index is 12.6. The smallest absolute Gasteiger partial charge is 0.249 e. The van der Waals surface area contributed by atoms with E-state index in [0.717, 1.165) is 44.9 Å². The Bertz CT molecular complexity index is 1070. The summed E-state index contributed by atoms with van der Waals surface area (Å²) >= 11 is 0. The monoisotopic (exact) mass is 914 g/mol. The molecule has 0 aromatic heterocycles. The van der Waals surface area contributed by atoms with Crippen LogP contribution >= 0.6 is 0 Å². The van der Waals surface area contributed by atoms with Crippen molar-refractivity contribution in [1.82, 2.24) is 5.32 Å². The molecule has 0 fully saturated rings. The van der Waals surface area contributed by atoms with Crippen molar-refractivity contribution >= 4 is 5.91 Å². The van der Waals surface area contributed by atoms with Crippen LogP contribution in [0.2, 0.25) is 0 Å². The molecule has 0 heterocycles. The molecule has 1 amide bonds. The van der Waals surface area contributed by atoms with Crippen molar-refractivity contribution < 1.29 is 25.2 Å². The average molecular weight is 915 g/mol. The van der Waals surface area contributed by atoms with Gasteiger partial charge in [0.1, 0.15) is 12.2 Å². The van der Waals surface area contributed by atoms with Gasteiger partial charge in [0.15, 0.2) is 0 Å². The van der Waals surface area contributed by atoms with Gasteiger partial charge in [0.25, 0.3) is 0 Å². The molecule has 6 nitrogen and oxygen atoms in total. The number of rotatable bonds is 52. The molecule has 0 aromatic rings. The first-order valence-corrected chi connectivity index (χ1v) is 28.5. The third-order valence-electron chi connectivity index (χ3n) is 13.2. The maximum absolute atomic E-state index is 12.6. The van der Waals surface area contributed by atoms with E-state index in [1.165, 1.54) is 212 Å². The molecular weight excluding hydrogens is 803 g/mol. The highest BCUT2D eigenvalue weighted by atomic mass is 16.3. The zero-order valence-corrected chi connectivity index (χ0v) is 43.2. The van der Waals surface area contributed by atoms with Crippen molar-refractivity contribution in [3.63, 3.8) is 0 Å². The van der Waals surface area contributed by atoms with Crippen molar-refractivity contribution in [2.24, 2.45) is 0 Å². The molecule has 6 heteroatoms. The predicted molar refractivity (Wildman–Crippen MR) is 283 cm³/mol. The van der Waals surface area contributed by atoms with Crippen LogP contribution < -0.4 is 5.32 Å². The van der Waals surface area contributed by atoms with Gasteiger partial charge in [-0.15, -0.1) is 0 Å². The third kappa shape index (κ3) is 47.1. The van der Waals surface area contributed by atoms with Crippen molar-refractivity contribution in [3.8, 4) is 0 Å². The van der Waals surface area contributed by atoms with Gasteiger partial charge in [0, 0.05) is 0 Å². The molecule has 0 aliphatic rings. The second-order valence-corrected chi connectivity index (χ2v) is 19.6. The van der Waals surface area contributed by atoms with Gasteiger partial charge in [-0.2, -0.15) is 0 Å². The summed E-state index contributed by atoms with van der Waals surface area (Å²) < 4.78 is 0. The standard InChI is InChI=1S/C59H111NO5/c1-3-5-7-9-11-13-15-17-19-20-21-22-23-24-25-26-27-28-29-30-31-32-33-34-35-36-37-39-41-43-45-47-49-51-53-57(63)59(65)60-55(54-61)58(64)56(62)52-50-48-46-44-42-40-38-18-16-14-12-10-8-6-4-2/h18,23-24,26-27,38,44,46,55-58,61-64H,3-17,19-22,25,28-37,39-43,45,47-54H2,1-2H3,(H,60,65)/b24-23-,27-26-,38-18+,46-44+. The molecule has 0 spiro atoms. The fourth-order valence-corrected chi connectivity index (χ4v) is 8.75. The molecule has 0 radical (unpaired) electrons. The topological polar surface area (TPSA) is 110 Å². The van der Waals surface area contributed by atoms with E-state index in [9.17, 15) is 25.2 Å². The second-order valence-electron chi connectivity index (χ2n) is 19.6. The number of unbranched alkanes of at least 4 members (excludes halogenated alkanes) is 35. The fraction of sp³-hybridized carbons (Fsp3) is 0.847. The number of nitrogens with one attached hydrogen (secondary N) is 1. The van der Waals surface area contributed by atoms with Crippen LogP contribution in [0, 0.1) is 0 Å². The lowest BCUT2D eigenvalue weighted by atomic mass is 10.00. The average Bonchev–Trinajstić information content (AvgIpc) is 3.31. The molecule has 4 unspecified atom stereocenters. The molecule has 0 rings (SSSR count). The van der Waals surface area contributed by atoms with Crippen LogP contribution in [-0.4, -0.2) is 57.3 Å². The van der Waals surface area contributed by atoms with E-state index < -0.39 is 36.9 Å². The molecule has 0 aliphatic heterocycles. The molecule has 0 saturated heterocycles. The van der Waals surface area contributed by atoms with Crippen molar-refractivity contribution in [3.05, 3.63) is 48.6 Å². The van der Waals surface area contributed by atoms with E-state index in [2.05, 4.69) is 67.8 Å². The number of hydrogen-bond acceptors (Lipinski definition) is 5. The Morgan fingerprint density at radius 1 is 0.385 bits per heavy atom. The van der Waals surface area contributed by atoms with E-state index in [0.29, 0.717) is 19.3 Å². The van der Waals surface area contributed by atoms with Gasteiger partial charge in [0.2, 0.25) is 5.91 Å². The number of amides is 1. The normalized spacial score (nSPS) is 14.1. The first-order valence-electron chi connectivity index (χ1n) is 28.5. The minimum absolute atomic E-state index is 0.360. The predicted octanol–water partition coefficient (Wildman–Crippen LogP) is 16.6. The first kappa shape index (κ1) is 63.3. The zero-order chi connectivity index (χ0) is 47.4. The van der Waals surface area contributed by atoms with E-state index in [-0.39, 0.29) is 0 Å². The summed E-state index contributed by atoms with van der Waals surface area (Å²) in [6.45, 7) is 4.04. The number of hydrogen-bond donors (Lipinski definition) is 5. The molecule has 0 saturated carbocycles. The van der Waals surface area contributed by atoms with Gasteiger partial charge in [-0.1, -0.05) is 255 Å². The minimum atomic E-state index is -1.29. The maximum Gasteiger partial charge on any atom is 0.249 e. The number of aliphatic hydroxyl groups is 4. The lowest BCUT2D eigenvalue weighted by molar-refractivity contribution is -0.132. The SMILES string of the molecule is CCCCCCCC/C=C/CC/C=C/CCCC(O)C(O)C(CO)NC(=O)C(O)CCCCCCCCCCCCCCCCCC/C=C\C/C=C\CCCCCCCCCCCCC. The van der Waals surface area contributed by atoms with Gasteiger partial charge < -0.3 is 25.7 Å². The number of carbonyl (C=O) groups excluding carboxylic acids is 1. The summed E-state index contributed by atoms with van der Waals surface area (Å²) in [4.78, 5) is 12.6. The number of allylic oxidation sites excluding steroid dienone is 8. The van der Waals surface area contributed by atoms with Gasteiger partial charge in [0.05, 0.1) is 18.8 Å². The van der Waals surface area contributed by atoms with Gasteiger partial charge in [-0.05, 0) is 83.5 Å². The summed E-state index contributed by atoms with van der Waals surface area (Å²) in [5, 5.41) is 43.8. The summed E-state index contributed by atoms with van der Waals surface area (Å²) in [6.07, 6.45) is 67.6. The minimum Gasteiger partial charge on any atom is -0.394 e. The van der Waals surface area contributed by atoms with E-state index in [1.807, 2.05) is 0 Å². The molecule has 5 N–H and O–H groups in total. The van der Waals surface area contributed by atoms with Crippen LogP contribution in [0.25, 0.3) is 0 Å². The van der Waals surface area contributed by atoms with Gasteiger partial charge in [-0.3, -0.25) is 4.79 Å². The Kier molecular flexibility index (Phi) is 51.8. The van der Waals surface area contributed by atoms with Crippen LogP contribution in [0.5, 0.6) is 0 Å². The molecule has 65 heavy (non-hydrogen) atoms. The van der Waals surface area contributed by atoms with Crippen LogP contribution in [-0.2, 0) is 4.79 Å². The van der Waals surface area contributed by atoms with Gasteiger partial charge in [-0.25, -0.2) is 0 Å². The Labute approximate surface area is 404 Å². The van der Waals surface area contributed by atoms with Crippen molar-refractivity contribution in [1.29, 1.82) is 0 Å². The Balaban J connectivity index is 3.60. The highest BCUT2D eigenvalue weighted by molar-refractivity contribution is 5.80. The molecule has 4 atom stereocenters. The quantitative estimate of drug-likeness (QED) is 0.0308. The fourth-order valence-electron chi connectivity index (χ4n) is 8.75. The lowest BCUT2D eigenvalue weighted by Crippen LogP contribution is -2.53. The highest BCUT2D eigenvalue weighted by Gasteiger charge is 2.28. The summed E-state index contributed by atoms with van der Waals surface area (Å²) in [5.41, 5.74) is 0. The second kappa shape index (κ2) is 53.2. The highest BCUT2D eigenvalue weighted by Crippen LogP contribution is 2.17. The lowest BCUT2D eigenvalue weighted by Gasteiger charge is -2.27. The van der Waals surface area contributed by atoms with E-state index in [4.69, 9.17) is 0 Å². The Hall–Kier alpha value is -1.73. The Morgan fingerprint density at radius 2 is 0.692 bits per heavy atom. The van der Waals surface area contributed by atoms with Gasteiger partial charge >= 0.3 is 0 Å². The van der Waals surface area contributed by atoms with Crippen LogP contribution in [0.15, 0.2) is 48.6 Å². The summed E-state index contributed by atoms with van der Waals surface area (Å²) in [5.74, 6) is -0.596. The van der Waals surface area contributed by atoms with E-state index >= 15 is 0 Å². The third-order valence-corrected chi connectivity index (χ3v) is 13.2. The largest absolute Gasteiger partial charge is 0.394 e. The van der Waals surface area contributed by atoms with Crippen LogP contribution in [0.3, 0.4) is 0 Å². The summed E-state index contributed by atoms with van der Waals surface area (Å²) in [7, 11) is 0. The Morgan fingerprint density at radius 3 is 1.06 bits per heavy atom. The van der Waals surface area contributed by atoms with Crippen LogP contribution in [0.1, 0.15) is 290 Å². The zero-order valence-electron chi connectivity index (χ0n) is 43.2. The number of aliphatic hydroxyl groups excluding tert-OH is 4. The molecule has 0 aliphatic carbocycles. The van der Waals surface area contributed by atoms with E-state index in [1.54, 1.807) is 0 Å². The van der Waals surface area contributed by atoms with Crippen LogP contribution in [0.4, 0.5) is 0 Å². The van der Waals surface area contributed by atoms with Crippen molar-refractivity contribution in [2.45, 2.75) is 314 Å². The molecule has 0 aromatic carbocycles. The molecular formula is C59H111NO5. The number of carbonyl (C=O) groups is 1. The molecule has 0 bridgehead atoms. The molecule has 382 valence electrons.